The Bertz CT molecular complexity index is 853. The third-order valence-corrected chi connectivity index (χ3v) is 4.44. The first-order valence-electron chi connectivity index (χ1n) is 7.56. The average Bonchev–Trinajstić information content (AvgIpc) is 3.05. The van der Waals surface area contributed by atoms with Gasteiger partial charge in [0, 0.05) is 18.9 Å². The standard InChI is InChI=1S/C16H15ClN6OS/c1-2-23-15(12-5-3-4-8-18-12)21-22-16(23)25-10-14(24)20-13-7-6-11(17)9-19-13/h3-9H,2,10H2,1H3,(H,19,20,24). The van der Waals surface area contributed by atoms with Crippen LogP contribution in [0.5, 0.6) is 0 Å². The molecule has 0 atom stereocenters. The van der Waals surface area contributed by atoms with Crippen molar-refractivity contribution < 1.29 is 4.79 Å². The van der Waals surface area contributed by atoms with Gasteiger partial charge in [-0.2, -0.15) is 0 Å². The fourth-order valence-corrected chi connectivity index (χ4v) is 3.04. The number of aromatic nitrogens is 5. The molecule has 9 heteroatoms. The second kappa shape index (κ2) is 8.09. The molecule has 1 amide bonds. The van der Waals surface area contributed by atoms with Gasteiger partial charge in [-0.25, -0.2) is 4.98 Å². The molecule has 1 N–H and O–H groups in total. The number of rotatable bonds is 6. The summed E-state index contributed by atoms with van der Waals surface area (Å²) in [4.78, 5) is 20.4. The molecule has 7 nitrogen and oxygen atoms in total. The molecule has 0 unspecified atom stereocenters. The molecule has 0 aliphatic carbocycles. The summed E-state index contributed by atoms with van der Waals surface area (Å²) in [6, 6.07) is 8.95. The zero-order valence-corrected chi connectivity index (χ0v) is 15.0. The molecule has 3 aromatic rings. The molecule has 0 aliphatic rings. The van der Waals surface area contributed by atoms with Gasteiger partial charge in [-0.1, -0.05) is 29.4 Å². The monoisotopic (exact) mass is 374 g/mol. The molecule has 0 saturated carbocycles. The number of anilines is 1. The van der Waals surface area contributed by atoms with Crippen molar-refractivity contribution in [3.63, 3.8) is 0 Å². The lowest BCUT2D eigenvalue weighted by molar-refractivity contribution is -0.113. The van der Waals surface area contributed by atoms with Gasteiger partial charge >= 0.3 is 0 Å². The van der Waals surface area contributed by atoms with Crippen molar-refractivity contribution in [3.05, 3.63) is 47.7 Å². The van der Waals surface area contributed by atoms with Crippen LogP contribution in [-0.2, 0) is 11.3 Å². The molecule has 0 spiro atoms. The molecule has 3 heterocycles. The molecule has 25 heavy (non-hydrogen) atoms. The van der Waals surface area contributed by atoms with Crippen LogP contribution < -0.4 is 5.32 Å². The highest BCUT2D eigenvalue weighted by atomic mass is 35.5. The fraction of sp³-hybridized carbons (Fsp3) is 0.188. The lowest BCUT2D eigenvalue weighted by Gasteiger charge is -2.07. The van der Waals surface area contributed by atoms with Crippen molar-refractivity contribution in [2.45, 2.75) is 18.6 Å². The minimum atomic E-state index is -0.176. The van der Waals surface area contributed by atoms with E-state index in [0.29, 0.717) is 28.4 Å². The number of nitrogens with one attached hydrogen (secondary N) is 1. The molecule has 0 fully saturated rings. The van der Waals surface area contributed by atoms with Gasteiger partial charge in [0.25, 0.3) is 0 Å². The smallest absolute Gasteiger partial charge is 0.236 e. The first kappa shape index (κ1) is 17.4. The van der Waals surface area contributed by atoms with Crippen LogP contribution in [0.1, 0.15) is 6.92 Å². The van der Waals surface area contributed by atoms with Crippen LogP contribution in [0.3, 0.4) is 0 Å². The number of carbonyl (C=O) groups is 1. The predicted octanol–water partition coefficient (Wildman–Crippen LogP) is 3.14. The number of pyridine rings is 2. The van der Waals surface area contributed by atoms with Crippen molar-refractivity contribution in [1.82, 2.24) is 24.7 Å². The SMILES string of the molecule is CCn1c(SCC(=O)Nc2ccc(Cl)cn2)nnc1-c1ccccn1. The summed E-state index contributed by atoms with van der Waals surface area (Å²) in [6.07, 6.45) is 3.19. The van der Waals surface area contributed by atoms with E-state index in [1.165, 1.54) is 18.0 Å². The van der Waals surface area contributed by atoms with E-state index in [1.807, 2.05) is 29.7 Å². The van der Waals surface area contributed by atoms with E-state index in [4.69, 9.17) is 11.6 Å². The number of hydrogen-bond donors (Lipinski definition) is 1. The summed E-state index contributed by atoms with van der Waals surface area (Å²) in [6.45, 7) is 2.68. The maximum atomic E-state index is 12.1. The number of thioether (sulfide) groups is 1. The molecule has 128 valence electrons. The molecule has 0 bridgehead atoms. The summed E-state index contributed by atoms with van der Waals surface area (Å²) >= 11 is 7.09. The van der Waals surface area contributed by atoms with E-state index < -0.39 is 0 Å². The van der Waals surface area contributed by atoms with Crippen LogP contribution >= 0.6 is 23.4 Å². The minimum absolute atomic E-state index is 0.176. The highest BCUT2D eigenvalue weighted by molar-refractivity contribution is 7.99. The number of carbonyl (C=O) groups excluding carboxylic acids is 1. The van der Waals surface area contributed by atoms with E-state index in [9.17, 15) is 4.79 Å². The Morgan fingerprint density at radius 3 is 2.80 bits per heavy atom. The van der Waals surface area contributed by atoms with Gasteiger partial charge in [0.2, 0.25) is 5.91 Å². The van der Waals surface area contributed by atoms with Crippen LogP contribution in [0, 0.1) is 0 Å². The Morgan fingerprint density at radius 1 is 1.24 bits per heavy atom. The third kappa shape index (κ3) is 4.34. The quantitative estimate of drug-likeness (QED) is 0.667. The summed E-state index contributed by atoms with van der Waals surface area (Å²) in [5, 5.41) is 12.3. The predicted molar refractivity (Wildman–Crippen MR) is 97.5 cm³/mol. The summed E-state index contributed by atoms with van der Waals surface area (Å²) < 4.78 is 1.93. The minimum Gasteiger partial charge on any atom is -0.310 e. The van der Waals surface area contributed by atoms with Crippen LogP contribution in [0.2, 0.25) is 5.02 Å². The number of hydrogen-bond acceptors (Lipinski definition) is 6. The van der Waals surface area contributed by atoms with E-state index >= 15 is 0 Å². The maximum absolute atomic E-state index is 12.1. The summed E-state index contributed by atoms with van der Waals surface area (Å²) in [5.74, 6) is 1.17. The fourth-order valence-electron chi connectivity index (χ4n) is 2.12. The van der Waals surface area contributed by atoms with E-state index in [1.54, 1.807) is 18.3 Å². The van der Waals surface area contributed by atoms with Gasteiger partial charge in [0.15, 0.2) is 11.0 Å². The normalized spacial score (nSPS) is 10.6. The maximum Gasteiger partial charge on any atom is 0.236 e. The number of amides is 1. The van der Waals surface area contributed by atoms with Crippen molar-refractivity contribution in [2.75, 3.05) is 11.1 Å². The van der Waals surface area contributed by atoms with Gasteiger partial charge in [-0.15, -0.1) is 10.2 Å². The van der Waals surface area contributed by atoms with Crippen LogP contribution in [0.25, 0.3) is 11.5 Å². The Balaban J connectivity index is 1.66. The Hall–Kier alpha value is -2.45. The van der Waals surface area contributed by atoms with Crippen molar-refractivity contribution in [1.29, 1.82) is 0 Å². The second-order valence-corrected chi connectivity index (χ2v) is 6.34. The Labute approximate surface area is 153 Å². The third-order valence-electron chi connectivity index (χ3n) is 3.25. The second-order valence-electron chi connectivity index (χ2n) is 4.96. The Morgan fingerprint density at radius 2 is 2.12 bits per heavy atom. The first-order valence-corrected chi connectivity index (χ1v) is 8.92. The van der Waals surface area contributed by atoms with Crippen molar-refractivity contribution >= 4 is 35.1 Å². The zero-order valence-electron chi connectivity index (χ0n) is 13.4. The highest BCUT2D eigenvalue weighted by Gasteiger charge is 2.15. The van der Waals surface area contributed by atoms with Gasteiger partial charge in [0.05, 0.1) is 10.8 Å². The average molecular weight is 375 g/mol. The lowest BCUT2D eigenvalue weighted by atomic mass is 10.3. The first-order chi connectivity index (χ1) is 12.2. The molecule has 3 aromatic heterocycles. The highest BCUT2D eigenvalue weighted by Crippen LogP contribution is 2.22. The number of halogens is 1. The topological polar surface area (TPSA) is 85.6 Å². The van der Waals surface area contributed by atoms with E-state index in [-0.39, 0.29) is 11.7 Å². The molecule has 3 rings (SSSR count). The molecule has 0 radical (unpaired) electrons. The largest absolute Gasteiger partial charge is 0.310 e. The van der Waals surface area contributed by atoms with Gasteiger partial charge in [-0.3, -0.25) is 9.78 Å². The Kier molecular flexibility index (Phi) is 5.62. The van der Waals surface area contributed by atoms with E-state index in [0.717, 1.165) is 5.69 Å². The van der Waals surface area contributed by atoms with Crippen LogP contribution in [0.15, 0.2) is 47.9 Å². The van der Waals surface area contributed by atoms with Crippen LogP contribution in [0.4, 0.5) is 5.82 Å². The summed E-state index contributed by atoms with van der Waals surface area (Å²) in [7, 11) is 0. The zero-order chi connectivity index (χ0) is 17.6. The molecule has 0 aromatic carbocycles. The lowest BCUT2D eigenvalue weighted by Crippen LogP contribution is -2.15. The molecule has 0 saturated heterocycles. The summed E-state index contributed by atoms with van der Waals surface area (Å²) in [5.41, 5.74) is 0.749. The van der Waals surface area contributed by atoms with Gasteiger partial charge < -0.3 is 9.88 Å². The molecule has 0 aliphatic heterocycles. The number of nitrogens with zero attached hydrogens (tertiary/aromatic N) is 5. The van der Waals surface area contributed by atoms with Crippen LogP contribution in [-0.4, -0.2) is 36.4 Å². The van der Waals surface area contributed by atoms with E-state index in [2.05, 4.69) is 25.5 Å². The molecular formula is C16H15ClN6OS. The van der Waals surface area contributed by atoms with Crippen molar-refractivity contribution in [2.24, 2.45) is 0 Å². The van der Waals surface area contributed by atoms with Gasteiger partial charge in [-0.05, 0) is 31.2 Å². The van der Waals surface area contributed by atoms with Crippen molar-refractivity contribution in [3.8, 4) is 11.5 Å². The van der Waals surface area contributed by atoms with Gasteiger partial charge in [0.1, 0.15) is 11.5 Å². The molecular weight excluding hydrogens is 360 g/mol.